The Hall–Kier alpha value is -1.43. The molecular weight excluding hydrogens is 284 g/mol. The fourth-order valence-corrected chi connectivity index (χ4v) is 2.53. The molecule has 0 radical (unpaired) electrons. The van der Waals surface area contributed by atoms with Gasteiger partial charge in [-0.3, -0.25) is 4.79 Å². The molecule has 2 rings (SSSR count). The van der Waals surface area contributed by atoms with Gasteiger partial charge in [0.05, 0.1) is 17.4 Å². The van der Waals surface area contributed by atoms with Gasteiger partial charge in [0.25, 0.3) is 5.91 Å². The number of thiophene rings is 1. The minimum absolute atomic E-state index is 0.164. The lowest BCUT2D eigenvalue weighted by Gasteiger charge is -2.11. The molecule has 2 aromatic rings. The van der Waals surface area contributed by atoms with Crippen molar-refractivity contribution >= 4 is 28.8 Å². The first-order valence-electron chi connectivity index (χ1n) is 5.69. The molecular formula is C13H13ClN2O2S. The van der Waals surface area contributed by atoms with E-state index in [9.17, 15) is 9.90 Å². The number of aliphatic hydroxyl groups is 1. The van der Waals surface area contributed by atoms with Crippen LogP contribution in [0.5, 0.6) is 0 Å². The molecule has 0 saturated carbocycles. The Morgan fingerprint density at radius 2 is 2.32 bits per heavy atom. The number of amides is 1. The minimum Gasteiger partial charge on any atom is -0.387 e. The molecule has 0 aliphatic carbocycles. The van der Waals surface area contributed by atoms with E-state index in [4.69, 9.17) is 11.6 Å². The Balaban J connectivity index is 1.98. The van der Waals surface area contributed by atoms with Crippen molar-refractivity contribution in [1.82, 2.24) is 10.3 Å². The number of carbonyl (C=O) groups excluding carboxylic acids is 1. The first-order chi connectivity index (χ1) is 9.08. The topological polar surface area (TPSA) is 62.2 Å². The van der Waals surface area contributed by atoms with Crippen molar-refractivity contribution < 1.29 is 9.90 Å². The Bertz CT molecular complexity index is 572. The Kier molecular flexibility index (Phi) is 4.52. The largest absolute Gasteiger partial charge is 0.387 e. The van der Waals surface area contributed by atoms with Gasteiger partial charge in [-0.25, -0.2) is 4.98 Å². The van der Waals surface area contributed by atoms with Crippen LogP contribution < -0.4 is 5.32 Å². The number of aromatic nitrogens is 1. The van der Waals surface area contributed by atoms with Crippen molar-refractivity contribution in [3.05, 3.63) is 50.9 Å². The van der Waals surface area contributed by atoms with Gasteiger partial charge in [0.1, 0.15) is 5.15 Å². The van der Waals surface area contributed by atoms with E-state index < -0.39 is 6.10 Å². The van der Waals surface area contributed by atoms with E-state index in [1.54, 1.807) is 19.1 Å². The van der Waals surface area contributed by atoms with Crippen molar-refractivity contribution in [2.75, 3.05) is 6.54 Å². The van der Waals surface area contributed by atoms with Crippen LogP contribution in [-0.2, 0) is 0 Å². The van der Waals surface area contributed by atoms with E-state index in [0.717, 1.165) is 5.56 Å². The summed E-state index contributed by atoms with van der Waals surface area (Å²) in [6.45, 7) is 1.88. The zero-order chi connectivity index (χ0) is 13.8. The summed E-state index contributed by atoms with van der Waals surface area (Å²) in [5, 5.41) is 16.6. The summed E-state index contributed by atoms with van der Waals surface area (Å²) < 4.78 is 0. The van der Waals surface area contributed by atoms with Crippen molar-refractivity contribution in [2.24, 2.45) is 0 Å². The first-order valence-corrected chi connectivity index (χ1v) is 7.01. The van der Waals surface area contributed by atoms with Crippen molar-refractivity contribution in [2.45, 2.75) is 13.0 Å². The van der Waals surface area contributed by atoms with E-state index in [0.29, 0.717) is 16.4 Å². The summed E-state index contributed by atoms with van der Waals surface area (Å²) in [4.78, 5) is 16.0. The lowest BCUT2D eigenvalue weighted by atomic mass is 10.1. The Morgan fingerprint density at radius 3 is 2.95 bits per heavy atom. The summed E-state index contributed by atoms with van der Waals surface area (Å²) in [5.41, 5.74) is 1.83. The van der Waals surface area contributed by atoms with Gasteiger partial charge in [-0.15, -0.1) is 0 Å². The van der Waals surface area contributed by atoms with Gasteiger partial charge >= 0.3 is 0 Å². The third-order valence-corrected chi connectivity index (χ3v) is 3.59. The summed E-state index contributed by atoms with van der Waals surface area (Å²) >= 11 is 7.24. The summed E-state index contributed by atoms with van der Waals surface area (Å²) in [7, 11) is 0. The molecule has 0 aliphatic rings. The van der Waals surface area contributed by atoms with Crippen molar-refractivity contribution in [3.63, 3.8) is 0 Å². The van der Waals surface area contributed by atoms with Crippen LogP contribution >= 0.6 is 22.9 Å². The SMILES string of the molecule is Cc1nc(Cl)ccc1C(=O)NCC(O)c1ccsc1. The Morgan fingerprint density at radius 1 is 1.53 bits per heavy atom. The van der Waals surface area contributed by atoms with E-state index in [2.05, 4.69) is 10.3 Å². The maximum atomic E-state index is 11.9. The van der Waals surface area contributed by atoms with Crippen LogP contribution in [0.15, 0.2) is 29.0 Å². The third-order valence-electron chi connectivity index (χ3n) is 2.68. The number of hydrogen-bond donors (Lipinski definition) is 2. The zero-order valence-corrected chi connectivity index (χ0v) is 11.8. The molecule has 6 heteroatoms. The van der Waals surface area contributed by atoms with E-state index in [1.165, 1.54) is 11.3 Å². The van der Waals surface area contributed by atoms with Crippen LogP contribution in [0.3, 0.4) is 0 Å². The van der Waals surface area contributed by atoms with Gasteiger partial charge < -0.3 is 10.4 Å². The number of nitrogens with zero attached hydrogens (tertiary/aromatic N) is 1. The average molecular weight is 297 g/mol. The molecule has 2 aromatic heterocycles. The van der Waals surface area contributed by atoms with E-state index in [-0.39, 0.29) is 12.5 Å². The second-order valence-corrected chi connectivity index (χ2v) is 5.22. The maximum absolute atomic E-state index is 11.9. The standard InChI is InChI=1S/C13H13ClN2O2S/c1-8-10(2-3-12(14)16-8)13(18)15-6-11(17)9-4-5-19-7-9/h2-5,7,11,17H,6H2,1H3,(H,15,18). The number of rotatable bonds is 4. The summed E-state index contributed by atoms with van der Waals surface area (Å²) in [6, 6.07) is 5.02. The fraction of sp³-hybridized carbons (Fsp3) is 0.231. The van der Waals surface area contributed by atoms with Gasteiger partial charge in [-0.1, -0.05) is 11.6 Å². The molecule has 19 heavy (non-hydrogen) atoms. The van der Waals surface area contributed by atoms with Gasteiger partial charge in [0.15, 0.2) is 0 Å². The molecule has 0 aromatic carbocycles. The molecule has 4 nitrogen and oxygen atoms in total. The number of nitrogens with one attached hydrogen (secondary N) is 1. The summed E-state index contributed by atoms with van der Waals surface area (Å²) in [5.74, 6) is -0.268. The van der Waals surface area contributed by atoms with Crippen LogP contribution in [0.1, 0.15) is 27.7 Å². The second kappa shape index (κ2) is 6.14. The minimum atomic E-state index is -0.698. The monoisotopic (exact) mass is 296 g/mol. The van der Waals surface area contributed by atoms with Crippen LogP contribution in [0.4, 0.5) is 0 Å². The lowest BCUT2D eigenvalue weighted by Crippen LogP contribution is -2.29. The zero-order valence-electron chi connectivity index (χ0n) is 10.3. The summed E-state index contributed by atoms with van der Waals surface area (Å²) in [6.07, 6.45) is -0.698. The molecule has 0 fully saturated rings. The molecule has 0 bridgehead atoms. The van der Waals surface area contributed by atoms with Gasteiger partial charge in [0, 0.05) is 6.54 Å². The predicted molar refractivity (Wildman–Crippen MR) is 75.6 cm³/mol. The highest BCUT2D eigenvalue weighted by Crippen LogP contribution is 2.16. The number of halogens is 1. The smallest absolute Gasteiger partial charge is 0.253 e. The molecule has 1 atom stereocenters. The molecule has 100 valence electrons. The second-order valence-electron chi connectivity index (χ2n) is 4.05. The van der Waals surface area contributed by atoms with Crippen LogP contribution in [0.25, 0.3) is 0 Å². The van der Waals surface area contributed by atoms with Crippen molar-refractivity contribution in [1.29, 1.82) is 0 Å². The molecule has 0 spiro atoms. The quantitative estimate of drug-likeness (QED) is 0.853. The maximum Gasteiger partial charge on any atom is 0.253 e. The third kappa shape index (κ3) is 3.53. The fourth-order valence-electron chi connectivity index (χ4n) is 1.64. The van der Waals surface area contributed by atoms with Gasteiger partial charge in [-0.2, -0.15) is 11.3 Å². The van der Waals surface area contributed by atoms with Crippen molar-refractivity contribution in [3.8, 4) is 0 Å². The number of pyridine rings is 1. The molecule has 1 amide bonds. The highest BCUT2D eigenvalue weighted by atomic mass is 35.5. The average Bonchev–Trinajstić information content (AvgIpc) is 2.89. The predicted octanol–water partition coefficient (Wildman–Crippen LogP) is 2.57. The molecule has 1 unspecified atom stereocenters. The molecule has 0 saturated heterocycles. The molecule has 2 N–H and O–H groups in total. The van der Waals surface area contributed by atoms with E-state index >= 15 is 0 Å². The van der Waals surface area contributed by atoms with Gasteiger partial charge in [-0.05, 0) is 41.4 Å². The number of hydrogen-bond acceptors (Lipinski definition) is 4. The van der Waals surface area contributed by atoms with E-state index in [1.807, 2.05) is 16.8 Å². The first kappa shape index (κ1) is 14.0. The number of aryl methyl sites for hydroxylation is 1. The molecule has 2 heterocycles. The van der Waals surface area contributed by atoms with Crippen LogP contribution in [0.2, 0.25) is 5.15 Å². The Labute approximate surface area is 120 Å². The normalized spacial score (nSPS) is 12.2. The highest BCUT2D eigenvalue weighted by molar-refractivity contribution is 7.07. The number of carbonyl (C=O) groups is 1. The van der Waals surface area contributed by atoms with Gasteiger partial charge in [0.2, 0.25) is 0 Å². The molecule has 0 aliphatic heterocycles. The van der Waals surface area contributed by atoms with Crippen LogP contribution in [-0.4, -0.2) is 22.5 Å². The lowest BCUT2D eigenvalue weighted by molar-refractivity contribution is 0.0915. The number of aliphatic hydroxyl groups excluding tert-OH is 1. The highest BCUT2D eigenvalue weighted by Gasteiger charge is 2.13. The van der Waals surface area contributed by atoms with Crippen LogP contribution in [0, 0.1) is 6.92 Å².